The van der Waals surface area contributed by atoms with E-state index in [1.165, 1.54) is 0 Å². The number of aliphatic hydroxyl groups excluding tert-OH is 1. The molecule has 0 aliphatic rings. The first-order valence-electron chi connectivity index (χ1n) is 4.81. The van der Waals surface area contributed by atoms with Gasteiger partial charge in [0, 0.05) is 24.3 Å². The number of aromatic nitrogens is 1. The second-order valence-corrected chi connectivity index (χ2v) is 4.54. The molecule has 1 rings (SSSR count). The molecule has 1 atom stereocenters. The Labute approximate surface area is 98.2 Å². The fourth-order valence-corrected chi connectivity index (χ4v) is 1.60. The van der Waals surface area contributed by atoms with Gasteiger partial charge in [-0.3, -0.25) is 0 Å². The van der Waals surface area contributed by atoms with Gasteiger partial charge in [-0.1, -0.05) is 0 Å². The zero-order valence-corrected chi connectivity index (χ0v) is 10.5. The number of pyridine rings is 1. The summed E-state index contributed by atoms with van der Waals surface area (Å²) in [6.07, 6.45) is 2.11. The Morgan fingerprint density at radius 3 is 2.87 bits per heavy atom. The summed E-state index contributed by atoms with van der Waals surface area (Å²) >= 11 is 3.31. The van der Waals surface area contributed by atoms with E-state index >= 15 is 0 Å². The van der Waals surface area contributed by atoms with Crippen LogP contribution in [-0.2, 0) is 0 Å². The molecule has 0 radical (unpaired) electrons. The molecule has 0 aliphatic carbocycles. The van der Waals surface area contributed by atoms with E-state index in [1.807, 2.05) is 18.0 Å². The van der Waals surface area contributed by atoms with Gasteiger partial charge in [0.05, 0.1) is 11.8 Å². The van der Waals surface area contributed by atoms with E-state index in [-0.39, 0.29) is 6.10 Å². The number of nitrogens with two attached hydrogens (primary N) is 1. The van der Waals surface area contributed by atoms with Crippen molar-refractivity contribution in [2.24, 2.45) is 0 Å². The number of hydrogen-bond donors (Lipinski definition) is 2. The first-order chi connectivity index (χ1) is 7.00. The zero-order chi connectivity index (χ0) is 11.4. The topological polar surface area (TPSA) is 62.4 Å². The summed E-state index contributed by atoms with van der Waals surface area (Å²) in [5.41, 5.74) is 6.47. The van der Waals surface area contributed by atoms with E-state index < -0.39 is 0 Å². The lowest BCUT2D eigenvalue weighted by molar-refractivity contribution is 0.187. The molecule has 0 saturated heterocycles. The summed E-state index contributed by atoms with van der Waals surface area (Å²) in [6.45, 7) is 2.50. The highest BCUT2D eigenvalue weighted by Crippen LogP contribution is 2.22. The summed E-state index contributed by atoms with van der Waals surface area (Å²) in [4.78, 5) is 6.17. The molecule has 84 valence electrons. The van der Waals surface area contributed by atoms with Crippen LogP contribution < -0.4 is 10.6 Å². The molecule has 4 nitrogen and oxygen atoms in total. The second-order valence-electron chi connectivity index (χ2n) is 3.63. The van der Waals surface area contributed by atoms with Crippen LogP contribution in [0.2, 0.25) is 0 Å². The molecule has 0 amide bonds. The third kappa shape index (κ3) is 3.68. The minimum Gasteiger partial charge on any atom is -0.396 e. The summed E-state index contributed by atoms with van der Waals surface area (Å²) in [7, 11) is 1.91. The molecule has 0 saturated carbocycles. The smallest absolute Gasteiger partial charge is 0.151 e. The van der Waals surface area contributed by atoms with Crippen LogP contribution in [0.4, 0.5) is 11.5 Å². The third-order valence-corrected chi connectivity index (χ3v) is 2.54. The molecular formula is C10H16BrN3O. The molecule has 1 aromatic heterocycles. The largest absolute Gasteiger partial charge is 0.396 e. The molecule has 0 fully saturated rings. The van der Waals surface area contributed by atoms with E-state index in [9.17, 15) is 5.11 Å². The number of nitrogens with zero attached hydrogens (tertiary/aromatic N) is 2. The highest BCUT2D eigenvalue weighted by Gasteiger charge is 2.08. The standard InChI is InChI=1S/C10H16BrN3O/c1-7(15)3-4-14(2)10-9(12)5-8(11)6-13-10/h5-7,15H,3-4,12H2,1-2H3. The van der Waals surface area contributed by atoms with Crippen molar-refractivity contribution >= 4 is 27.4 Å². The van der Waals surface area contributed by atoms with Gasteiger partial charge < -0.3 is 15.7 Å². The van der Waals surface area contributed by atoms with Crippen molar-refractivity contribution in [2.45, 2.75) is 19.4 Å². The summed E-state index contributed by atoms with van der Waals surface area (Å²) in [5.74, 6) is 0.749. The Bertz CT molecular complexity index is 330. The van der Waals surface area contributed by atoms with Gasteiger partial charge in [-0.05, 0) is 35.3 Å². The number of aliphatic hydroxyl groups is 1. The second kappa shape index (κ2) is 5.32. The van der Waals surface area contributed by atoms with E-state index in [0.717, 1.165) is 16.8 Å². The van der Waals surface area contributed by atoms with Gasteiger partial charge in [0.15, 0.2) is 5.82 Å². The molecule has 1 unspecified atom stereocenters. The summed E-state index contributed by atoms with van der Waals surface area (Å²) in [5, 5.41) is 9.18. The predicted molar refractivity (Wildman–Crippen MR) is 65.9 cm³/mol. The Balaban J connectivity index is 2.69. The van der Waals surface area contributed by atoms with Gasteiger partial charge in [-0.25, -0.2) is 4.98 Å². The van der Waals surface area contributed by atoms with Gasteiger partial charge in [-0.2, -0.15) is 0 Å². The van der Waals surface area contributed by atoms with Crippen molar-refractivity contribution in [1.82, 2.24) is 4.98 Å². The minimum absolute atomic E-state index is 0.302. The number of anilines is 2. The predicted octanol–water partition coefficient (Wildman–Crippen LogP) is 1.63. The maximum Gasteiger partial charge on any atom is 0.151 e. The number of rotatable bonds is 4. The van der Waals surface area contributed by atoms with Crippen LogP contribution in [0.15, 0.2) is 16.7 Å². The Hall–Kier alpha value is -0.810. The lowest BCUT2D eigenvalue weighted by Crippen LogP contribution is -2.23. The molecule has 1 heterocycles. The van der Waals surface area contributed by atoms with Gasteiger partial charge in [0.1, 0.15) is 0 Å². The molecule has 0 spiro atoms. The van der Waals surface area contributed by atoms with E-state index in [2.05, 4.69) is 20.9 Å². The van der Waals surface area contributed by atoms with Crippen molar-refractivity contribution in [3.8, 4) is 0 Å². The Morgan fingerprint density at radius 1 is 1.67 bits per heavy atom. The first-order valence-corrected chi connectivity index (χ1v) is 5.60. The molecular weight excluding hydrogens is 258 g/mol. The quantitative estimate of drug-likeness (QED) is 0.876. The average Bonchev–Trinajstić information content (AvgIpc) is 2.14. The van der Waals surface area contributed by atoms with Gasteiger partial charge >= 0.3 is 0 Å². The van der Waals surface area contributed by atoms with Crippen LogP contribution in [0.1, 0.15) is 13.3 Å². The third-order valence-electron chi connectivity index (χ3n) is 2.11. The van der Waals surface area contributed by atoms with Gasteiger partial charge in [0.2, 0.25) is 0 Å². The highest BCUT2D eigenvalue weighted by atomic mass is 79.9. The number of nitrogen functional groups attached to an aromatic ring is 1. The molecule has 0 aliphatic heterocycles. The minimum atomic E-state index is -0.302. The number of hydrogen-bond acceptors (Lipinski definition) is 4. The lowest BCUT2D eigenvalue weighted by atomic mass is 10.2. The Kier molecular flexibility index (Phi) is 4.35. The van der Waals surface area contributed by atoms with Crippen molar-refractivity contribution in [1.29, 1.82) is 0 Å². The monoisotopic (exact) mass is 273 g/mol. The molecule has 0 bridgehead atoms. The Morgan fingerprint density at radius 2 is 2.33 bits per heavy atom. The average molecular weight is 274 g/mol. The lowest BCUT2D eigenvalue weighted by Gasteiger charge is -2.20. The van der Waals surface area contributed by atoms with Crippen molar-refractivity contribution in [3.05, 3.63) is 16.7 Å². The first kappa shape index (κ1) is 12.3. The van der Waals surface area contributed by atoms with Gasteiger partial charge in [0.25, 0.3) is 0 Å². The van der Waals surface area contributed by atoms with Crippen molar-refractivity contribution in [3.63, 3.8) is 0 Å². The van der Waals surface area contributed by atoms with Crippen molar-refractivity contribution < 1.29 is 5.11 Å². The normalized spacial score (nSPS) is 12.5. The van der Waals surface area contributed by atoms with E-state index in [4.69, 9.17) is 5.73 Å². The van der Waals surface area contributed by atoms with Gasteiger partial charge in [-0.15, -0.1) is 0 Å². The van der Waals surface area contributed by atoms with Crippen LogP contribution in [0.5, 0.6) is 0 Å². The van der Waals surface area contributed by atoms with Crippen LogP contribution >= 0.6 is 15.9 Å². The van der Waals surface area contributed by atoms with Crippen LogP contribution in [0, 0.1) is 0 Å². The van der Waals surface area contributed by atoms with Crippen LogP contribution in [-0.4, -0.2) is 29.8 Å². The molecule has 1 aromatic rings. The fraction of sp³-hybridized carbons (Fsp3) is 0.500. The molecule has 15 heavy (non-hydrogen) atoms. The maximum absolute atomic E-state index is 9.18. The van der Waals surface area contributed by atoms with Crippen molar-refractivity contribution in [2.75, 3.05) is 24.2 Å². The molecule has 5 heteroatoms. The van der Waals surface area contributed by atoms with E-state index in [0.29, 0.717) is 12.1 Å². The van der Waals surface area contributed by atoms with Crippen LogP contribution in [0.25, 0.3) is 0 Å². The highest BCUT2D eigenvalue weighted by molar-refractivity contribution is 9.10. The molecule has 0 aromatic carbocycles. The maximum atomic E-state index is 9.18. The fourth-order valence-electron chi connectivity index (χ4n) is 1.25. The molecule has 3 N–H and O–H groups in total. The zero-order valence-electron chi connectivity index (χ0n) is 8.94. The van der Waals surface area contributed by atoms with Crippen LogP contribution in [0.3, 0.4) is 0 Å². The summed E-state index contributed by atoms with van der Waals surface area (Å²) < 4.78 is 0.868. The summed E-state index contributed by atoms with van der Waals surface area (Å²) in [6, 6.07) is 1.82. The number of halogens is 1. The SMILES string of the molecule is CC(O)CCN(C)c1ncc(Br)cc1N. The van der Waals surface area contributed by atoms with E-state index in [1.54, 1.807) is 13.1 Å².